The minimum atomic E-state index is -0.381. The van der Waals surface area contributed by atoms with E-state index in [1.165, 1.54) is 24.3 Å². The predicted octanol–water partition coefficient (Wildman–Crippen LogP) is 4.71. The normalized spacial score (nSPS) is 10.6. The van der Waals surface area contributed by atoms with E-state index < -0.39 is 0 Å². The van der Waals surface area contributed by atoms with Gasteiger partial charge in [0.2, 0.25) is 5.88 Å². The first kappa shape index (κ1) is 19.3. The first-order chi connectivity index (χ1) is 13.4. The highest BCUT2D eigenvalue weighted by atomic mass is 19.1. The molecular formula is C21H21FN4O2. The standard InChI is InChI=1S/C21H21FN4O2/c1-13(2)28-20-12-19(23-14(3)24-20)25-17-8-10-18(11-9-17)26-21(27)15-4-6-16(22)7-5-15/h4-13H,1-3H3,(H,26,27)(H,23,24,25). The van der Waals surface area contributed by atoms with Crippen molar-refractivity contribution in [1.29, 1.82) is 0 Å². The molecule has 3 rings (SSSR count). The molecule has 6 nitrogen and oxygen atoms in total. The molecule has 0 unspecified atom stereocenters. The number of aromatic nitrogens is 2. The largest absolute Gasteiger partial charge is 0.475 e. The van der Waals surface area contributed by atoms with Crippen LogP contribution < -0.4 is 15.4 Å². The van der Waals surface area contributed by atoms with Crippen LogP contribution in [0, 0.1) is 12.7 Å². The van der Waals surface area contributed by atoms with Gasteiger partial charge >= 0.3 is 0 Å². The number of anilines is 3. The summed E-state index contributed by atoms with van der Waals surface area (Å²) in [5.41, 5.74) is 1.81. The van der Waals surface area contributed by atoms with Crippen LogP contribution in [0.2, 0.25) is 0 Å². The molecule has 7 heteroatoms. The summed E-state index contributed by atoms with van der Waals surface area (Å²) in [6.07, 6.45) is 0.0196. The van der Waals surface area contributed by atoms with Gasteiger partial charge in [0.25, 0.3) is 5.91 Å². The maximum atomic E-state index is 13.0. The molecule has 0 aliphatic heterocycles. The zero-order chi connectivity index (χ0) is 20.1. The Kier molecular flexibility index (Phi) is 5.84. The summed E-state index contributed by atoms with van der Waals surface area (Å²) in [6, 6.07) is 14.3. The number of nitrogens with one attached hydrogen (secondary N) is 2. The summed E-state index contributed by atoms with van der Waals surface area (Å²) >= 11 is 0. The van der Waals surface area contributed by atoms with Gasteiger partial charge in [0.15, 0.2) is 0 Å². The van der Waals surface area contributed by atoms with Gasteiger partial charge in [-0.2, -0.15) is 4.98 Å². The number of amides is 1. The zero-order valence-electron chi connectivity index (χ0n) is 15.9. The Bertz CT molecular complexity index is 957. The number of carbonyl (C=O) groups is 1. The van der Waals surface area contributed by atoms with Gasteiger partial charge in [0.05, 0.1) is 6.10 Å². The topological polar surface area (TPSA) is 76.1 Å². The third kappa shape index (κ3) is 5.26. The van der Waals surface area contributed by atoms with Crippen molar-refractivity contribution in [3.8, 4) is 5.88 Å². The van der Waals surface area contributed by atoms with Gasteiger partial charge in [-0.3, -0.25) is 4.79 Å². The third-order valence-corrected chi connectivity index (χ3v) is 3.69. The number of ether oxygens (including phenoxy) is 1. The van der Waals surface area contributed by atoms with Gasteiger partial charge in [-0.15, -0.1) is 0 Å². The van der Waals surface area contributed by atoms with Crippen LogP contribution in [-0.4, -0.2) is 22.0 Å². The van der Waals surface area contributed by atoms with E-state index in [1.807, 2.05) is 26.0 Å². The lowest BCUT2D eigenvalue weighted by molar-refractivity contribution is 0.102. The monoisotopic (exact) mass is 380 g/mol. The Morgan fingerprint density at radius 1 is 1.00 bits per heavy atom. The number of benzene rings is 2. The molecule has 1 amide bonds. The fourth-order valence-electron chi connectivity index (χ4n) is 2.50. The maximum Gasteiger partial charge on any atom is 0.255 e. The predicted molar refractivity (Wildman–Crippen MR) is 107 cm³/mol. The van der Waals surface area contributed by atoms with E-state index in [1.54, 1.807) is 25.1 Å². The molecule has 0 radical (unpaired) electrons. The van der Waals surface area contributed by atoms with Crippen molar-refractivity contribution in [3.05, 3.63) is 71.8 Å². The molecule has 3 aromatic rings. The van der Waals surface area contributed by atoms with Crippen LogP contribution in [0.15, 0.2) is 54.6 Å². The van der Waals surface area contributed by atoms with E-state index in [4.69, 9.17) is 4.74 Å². The molecule has 2 N–H and O–H groups in total. The molecule has 0 aliphatic carbocycles. The van der Waals surface area contributed by atoms with Crippen LogP contribution in [0.25, 0.3) is 0 Å². The summed E-state index contributed by atoms with van der Waals surface area (Å²) in [4.78, 5) is 20.8. The molecule has 144 valence electrons. The maximum absolute atomic E-state index is 13.0. The summed E-state index contributed by atoms with van der Waals surface area (Å²) in [6.45, 7) is 5.67. The van der Waals surface area contributed by atoms with E-state index in [0.717, 1.165) is 5.69 Å². The van der Waals surface area contributed by atoms with Crippen LogP contribution in [0.3, 0.4) is 0 Å². The SMILES string of the molecule is Cc1nc(Nc2ccc(NC(=O)c3ccc(F)cc3)cc2)cc(OC(C)C)n1. The van der Waals surface area contributed by atoms with Crippen molar-refractivity contribution in [3.63, 3.8) is 0 Å². The van der Waals surface area contributed by atoms with Gasteiger partial charge in [-0.25, -0.2) is 9.37 Å². The molecule has 28 heavy (non-hydrogen) atoms. The van der Waals surface area contributed by atoms with Crippen LogP contribution in [0.5, 0.6) is 5.88 Å². The molecule has 0 spiro atoms. The number of carbonyl (C=O) groups excluding carboxylic acids is 1. The highest BCUT2D eigenvalue weighted by Crippen LogP contribution is 2.21. The lowest BCUT2D eigenvalue weighted by atomic mass is 10.2. The van der Waals surface area contributed by atoms with E-state index in [-0.39, 0.29) is 17.8 Å². The fraction of sp³-hybridized carbons (Fsp3) is 0.190. The zero-order valence-corrected chi connectivity index (χ0v) is 15.9. The third-order valence-electron chi connectivity index (χ3n) is 3.69. The minimum Gasteiger partial charge on any atom is -0.475 e. The Morgan fingerprint density at radius 2 is 1.64 bits per heavy atom. The van der Waals surface area contributed by atoms with Crippen LogP contribution in [0.4, 0.5) is 21.6 Å². The molecule has 0 bridgehead atoms. The number of rotatable bonds is 6. The van der Waals surface area contributed by atoms with Crippen molar-refractivity contribution >= 4 is 23.1 Å². The second kappa shape index (κ2) is 8.47. The number of halogens is 1. The Hall–Kier alpha value is -3.48. The van der Waals surface area contributed by atoms with Crippen molar-refractivity contribution in [1.82, 2.24) is 9.97 Å². The second-order valence-electron chi connectivity index (χ2n) is 6.47. The minimum absolute atomic E-state index is 0.0196. The molecule has 1 heterocycles. The van der Waals surface area contributed by atoms with E-state index in [0.29, 0.717) is 28.8 Å². The fourth-order valence-corrected chi connectivity index (χ4v) is 2.50. The van der Waals surface area contributed by atoms with E-state index >= 15 is 0 Å². The molecule has 0 saturated carbocycles. The summed E-state index contributed by atoms with van der Waals surface area (Å²) in [7, 11) is 0. The van der Waals surface area contributed by atoms with Crippen LogP contribution in [-0.2, 0) is 0 Å². The number of hydrogen-bond acceptors (Lipinski definition) is 5. The highest BCUT2D eigenvalue weighted by Gasteiger charge is 2.08. The smallest absolute Gasteiger partial charge is 0.255 e. The quantitative estimate of drug-likeness (QED) is 0.648. The highest BCUT2D eigenvalue weighted by molar-refractivity contribution is 6.04. The van der Waals surface area contributed by atoms with E-state index in [2.05, 4.69) is 20.6 Å². The van der Waals surface area contributed by atoms with Crippen molar-refractivity contribution in [2.45, 2.75) is 26.9 Å². The van der Waals surface area contributed by atoms with Gasteiger partial charge in [0.1, 0.15) is 17.5 Å². The Balaban J connectivity index is 1.67. The summed E-state index contributed by atoms with van der Waals surface area (Å²) in [5.74, 6) is 1.04. The van der Waals surface area contributed by atoms with Gasteiger partial charge < -0.3 is 15.4 Å². The first-order valence-corrected chi connectivity index (χ1v) is 8.85. The van der Waals surface area contributed by atoms with Crippen molar-refractivity contribution in [2.24, 2.45) is 0 Å². The second-order valence-corrected chi connectivity index (χ2v) is 6.47. The lowest BCUT2D eigenvalue weighted by Gasteiger charge is -2.12. The molecule has 0 saturated heterocycles. The van der Waals surface area contributed by atoms with Gasteiger partial charge in [0, 0.05) is 23.0 Å². The molecule has 0 atom stereocenters. The first-order valence-electron chi connectivity index (χ1n) is 8.85. The average Bonchev–Trinajstić information content (AvgIpc) is 2.63. The molecule has 2 aromatic carbocycles. The molecule has 1 aromatic heterocycles. The van der Waals surface area contributed by atoms with Crippen LogP contribution >= 0.6 is 0 Å². The van der Waals surface area contributed by atoms with E-state index in [9.17, 15) is 9.18 Å². The summed E-state index contributed by atoms with van der Waals surface area (Å²) < 4.78 is 18.6. The van der Waals surface area contributed by atoms with Crippen molar-refractivity contribution < 1.29 is 13.9 Å². The Morgan fingerprint density at radius 3 is 2.29 bits per heavy atom. The van der Waals surface area contributed by atoms with Crippen molar-refractivity contribution in [2.75, 3.05) is 10.6 Å². The average molecular weight is 380 g/mol. The van der Waals surface area contributed by atoms with Gasteiger partial charge in [-0.1, -0.05) is 0 Å². The number of aryl methyl sites for hydroxylation is 1. The Labute approximate surface area is 162 Å². The summed E-state index contributed by atoms with van der Waals surface area (Å²) in [5, 5.41) is 5.97. The number of nitrogens with zero attached hydrogens (tertiary/aromatic N) is 2. The van der Waals surface area contributed by atoms with Crippen LogP contribution in [0.1, 0.15) is 30.0 Å². The molecular weight excluding hydrogens is 359 g/mol. The molecule has 0 fully saturated rings. The van der Waals surface area contributed by atoms with Gasteiger partial charge in [-0.05, 0) is 69.3 Å². The lowest BCUT2D eigenvalue weighted by Crippen LogP contribution is -2.11. The molecule has 0 aliphatic rings. The number of hydrogen-bond donors (Lipinski definition) is 2.